The van der Waals surface area contributed by atoms with Gasteiger partial charge in [-0.1, -0.05) is 19.4 Å². The Morgan fingerprint density at radius 2 is 1.67 bits per heavy atom. The van der Waals surface area contributed by atoms with Gasteiger partial charge in [-0.05, 0) is 13.5 Å². The van der Waals surface area contributed by atoms with E-state index in [-0.39, 0.29) is 23.0 Å². The second-order valence-corrected chi connectivity index (χ2v) is 2.36. The summed E-state index contributed by atoms with van der Waals surface area (Å²) >= 11 is 0. The van der Waals surface area contributed by atoms with Gasteiger partial charge in [0.2, 0.25) is 0 Å². The molecular weight excluding hydrogens is 280 g/mol. The van der Waals surface area contributed by atoms with Gasteiger partial charge < -0.3 is 9.84 Å². The van der Waals surface area contributed by atoms with Crippen molar-refractivity contribution in [1.82, 2.24) is 0 Å². The fraction of sp³-hybridized carbons (Fsp3) is 0.333. The summed E-state index contributed by atoms with van der Waals surface area (Å²) in [4.78, 5) is 0. The minimum atomic E-state index is -0.264. The third-order valence-electron chi connectivity index (χ3n) is 1.17. The first-order valence-corrected chi connectivity index (χ1v) is 4.18. The maximum Gasteiger partial charge on any atom is 2.00 e. The van der Waals surface area contributed by atoms with Crippen molar-refractivity contribution in [3.05, 3.63) is 50.5 Å². The number of allylic oxidation sites excluding steroid dienone is 2. The van der Waals surface area contributed by atoms with Gasteiger partial charge in [-0.3, -0.25) is 0 Å². The molecule has 0 rings (SSSR count). The Morgan fingerprint density at radius 3 is 1.94 bits per heavy atom. The summed E-state index contributed by atoms with van der Waals surface area (Å²) in [6, 6.07) is 0. The first-order chi connectivity index (χ1) is 8.16. The monoisotopic (exact) mass is 294 g/mol. The number of hydrogen-bond acceptors (Lipinski definition) is 2. The molecule has 0 heterocycles. The van der Waals surface area contributed by atoms with E-state index in [9.17, 15) is 5.11 Å². The van der Waals surface area contributed by atoms with Crippen LogP contribution >= 0.6 is 0 Å². The molecule has 0 N–H and O–H groups in total. The van der Waals surface area contributed by atoms with Gasteiger partial charge in [0.1, 0.15) is 0 Å². The Morgan fingerprint density at radius 1 is 1.28 bits per heavy atom. The molecule has 0 saturated heterocycles. The van der Waals surface area contributed by atoms with E-state index < -0.39 is 0 Å². The minimum Gasteiger partial charge on any atom is 2.00 e. The third kappa shape index (κ3) is 46.6. The van der Waals surface area contributed by atoms with Crippen molar-refractivity contribution in [2.75, 3.05) is 7.11 Å². The fourth-order valence-electron chi connectivity index (χ4n) is 0.614. The Hall–Kier alpha value is -1.31. The minimum absolute atomic E-state index is 0. The number of methoxy groups -OCH3 is 1. The summed E-state index contributed by atoms with van der Waals surface area (Å²) in [5.41, 5.74) is 1.03. The van der Waals surface area contributed by atoms with Gasteiger partial charge in [0, 0.05) is 5.95 Å². The van der Waals surface area contributed by atoms with Crippen LogP contribution in [0.5, 0.6) is 0 Å². The van der Waals surface area contributed by atoms with Crippen molar-refractivity contribution >= 4 is 0 Å². The van der Waals surface area contributed by atoms with Gasteiger partial charge in [-0.15, -0.1) is 0 Å². The van der Waals surface area contributed by atoms with Crippen LogP contribution in [0.3, 0.4) is 0 Å². The summed E-state index contributed by atoms with van der Waals surface area (Å²) in [6.45, 7) is 19.1. The maximum atomic E-state index is 10.5. The smallest absolute Gasteiger partial charge is 2.00 e. The molecule has 0 unspecified atom stereocenters. The molecule has 0 amide bonds. The van der Waals surface area contributed by atoms with Gasteiger partial charge in [0.15, 0.2) is 0 Å². The largest absolute Gasteiger partial charge is 2.00 e. The zero-order chi connectivity index (χ0) is 14.7. The van der Waals surface area contributed by atoms with Gasteiger partial charge in [0.25, 0.3) is 0 Å². The topological polar surface area (TPSA) is 92.0 Å². The SMILES string of the molecule is C=C(C)[CH-]CC/C=C(/[O-])OC.[C-]#[O+].[C-]#[O+].[C-]#[O+].[Fe+2]. The Bertz CT molecular complexity index is 239. The predicted octanol–water partition coefficient (Wildman–Crippen LogP) is 1.28. The second-order valence-electron chi connectivity index (χ2n) is 2.36. The van der Waals surface area contributed by atoms with E-state index in [0.717, 1.165) is 18.4 Å². The van der Waals surface area contributed by atoms with Gasteiger partial charge in [-0.25, -0.2) is 18.6 Å². The molecule has 0 aliphatic carbocycles. The third-order valence-corrected chi connectivity index (χ3v) is 1.17. The molecule has 6 heteroatoms. The van der Waals surface area contributed by atoms with Crippen LogP contribution in [0.15, 0.2) is 24.2 Å². The summed E-state index contributed by atoms with van der Waals surface area (Å²) in [5, 5.41) is 10.5. The first kappa shape index (κ1) is 30.1. The molecule has 18 heavy (non-hydrogen) atoms. The van der Waals surface area contributed by atoms with Crippen LogP contribution in [0, 0.1) is 26.4 Å². The standard InChI is InChI=1S/C9H15O2.3CO.Fe/c1-8(2)6-4-5-7-9(10)11-3;3*1-2;/h6-7,10H,1,4-5H2,2-3H3;;;;/q-1;;;;+2/p-1/b9-7-;;;;. The van der Waals surface area contributed by atoms with Crippen molar-refractivity contribution < 1.29 is 40.9 Å². The first-order valence-electron chi connectivity index (χ1n) is 4.18. The molecule has 100 valence electrons. The number of ether oxygens (including phenoxy) is 1. The van der Waals surface area contributed by atoms with Crippen LogP contribution in [0.25, 0.3) is 0 Å². The van der Waals surface area contributed by atoms with E-state index in [1.165, 1.54) is 13.2 Å². The quantitative estimate of drug-likeness (QED) is 0.251. The molecule has 0 bridgehead atoms. The van der Waals surface area contributed by atoms with Crippen molar-refractivity contribution in [3.63, 3.8) is 0 Å². The molecule has 0 spiro atoms. The number of hydrogen-bond donors (Lipinski definition) is 0. The van der Waals surface area contributed by atoms with Crippen molar-refractivity contribution in [1.29, 1.82) is 0 Å². The van der Waals surface area contributed by atoms with Gasteiger partial charge >= 0.3 is 51.0 Å². The van der Waals surface area contributed by atoms with Crippen molar-refractivity contribution in [3.8, 4) is 0 Å². The normalized spacial score (nSPS) is 7.00. The molecule has 0 atom stereocenters. The molecule has 0 aliphatic rings. The van der Waals surface area contributed by atoms with E-state index in [1.807, 2.05) is 13.3 Å². The molecular formula is C12H14FeO5. The van der Waals surface area contributed by atoms with Crippen LogP contribution in [0.1, 0.15) is 19.8 Å². The van der Waals surface area contributed by atoms with E-state index >= 15 is 0 Å². The predicted molar refractivity (Wildman–Crippen MR) is 55.2 cm³/mol. The Labute approximate surface area is 119 Å². The zero-order valence-electron chi connectivity index (χ0n) is 10.2. The van der Waals surface area contributed by atoms with Crippen molar-refractivity contribution in [2.24, 2.45) is 0 Å². The molecule has 0 aromatic rings. The van der Waals surface area contributed by atoms with Crippen LogP contribution in [-0.4, -0.2) is 7.11 Å². The average molecular weight is 294 g/mol. The van der Waals surface area contributed by atoms with Crippen LogP contribution in [0.4, 0.5) is 0 Å². The summed E-state index contributed by atoms with van der Waals surface area (Å²) < 4.78 is 26.9. The summed E-state index contributed by atoms with van der Waals surface area (Å²) in [6.07, 6.45) is 5.09. The van der Waals surface area contributed by atoms with Gasteiger partial charge in [0.05, 0.1) is 0 Å². The maximum absolute atomic E-state index is 10.5. The Kier molecular flexibility index (Phi) is 60.2. The zero-order valence-corrected chi connectivity index (χ0v) is 11.3. The van der Waals surface area contributed by atoms with Gasteiger partial charge in [-0.2, -0.15) is 0 Å². The molecule has 0 aromatic carbocycles. The fourth-order valence-corrected chi connectivity index (χ4v) is 0.614. The summed E-state index contributed by atoms with van der Waals surface area (Å²) in [5.74, 6) is -0.264. The average Bonchev–Trinajstić information content (AvgIpc) is 2.41. The summed E-state index contributed by atoms with van der Waals surface area (Å²) in [7, 11) is 1.38. The van der Waals surface area contributed by atoms with E-state index in [1.54, 1.807) is 0 Å². The van der Waals surface area contributed by atoms with Crippen molar-refractivity contribution in [2.45, 2.75) is 19.8 Å². The van der Waals surface area contributed by atoms with E-state index in [0.29, 0.717) is 0 Å². The van der Waals surface area contributed by atoms with E-state index in [4.69, 9.17) is 14.0 Å². The molecule has 0 aliphatic heterocycles. The molecule has 0 aromatic heterocycles. The second kappa shape index (κ2) is 36.1. The molecule has 0 radical (unpaired) electrons. The number of unbranched alkanes of at least 4 members (excludes halogenated alkanes) is 1. The number of rotatable bonds is 5. The molecule has 0 saturated carbocycles. The molecule has 0 fully saturated rings. The van der Waals surface area contributed by atoms with E-state index in [2.05, 4.69) is 31.3 Å². The van der Waals surface area contributed by atoms with Crippen LogP contribution in [0.2, 0.25) is 0 Å². The molecule has 5 nitrogen and oxygen atoms in total. The van der Waals surface area contributed by atoms with Crippen LogP contribution in [-0.2, 0) is 35.8 Å². The Balaban J connectivity index is -0.0000000700. The van der Waals surface area contributed by atoms with Crippen LogP contribution < -0.4 is 5.11 Å².